The molecular formula is C24H29N3O3. The van der Waals surface area contributed by atoms with Crippen molar-refractivity contribution in [2.24, 2.45) is 5.92 Å². The Hall–Kier alpha value is -3.15. The first-order valence-electron chi connectivity index (χ1n) is 10.1. The van der Waals surface area contributed by atoms with Crippen LogP contribution in [0.15, 0.2) is 53.5 Å². The lowest BCUT2D eigenvalue weighted by Crippen LogP contribution is -2.38. The minimum Gasteiger partial charge on any atom is -0.443 e. The largest absolute Gasteiger partial charge is 0.443 e. The molecular weight excluding hydrogens is 378 g/mol. The SMILES string of the molecule is CC(C)Cn1c(N(C)C(=O)OC(C)(C)C)c(-c2ccccc2)c2cccnc2c1=O. The van der Waals surface area contributed by atoms with Crippen molar-refractivity contribution in [3.8, 4) is 11.1 Å². The maximum absolute atomic E-state index is 13.4. The third-order valence-corrected chi connectivity index (χ3v) is 4.60. The van der Waals surface area contributed by atoms with E-state index in [9.17, 15) is 9.59 Å². The summed E-state index contributed by atoms with van der Waals surface area (Å²) in [6, 6.07) is 13.4. The lowest BCUT2D eigenvalue weighted by Gasteiger charge is -2.29. The molecule has 1 amide bonds. The van der Waals surface area contributed by atoms with Gasteiger partial charge in [-0.1, -0.05) is 50.2 Å². The number of aromatic nitrogens is 2. The summed E-state index contributed by atoms with van der Waals surface area (Å²) < 4.78 is 7.26. The fraction of sp³-hybridized carbons (Fsp3) is 0.375. The van der Waals surface area contributed by atoms with Crippen molar-refractivity contribution in [2.45, 2.75) is 46.8 Å². The predicted octanol–water partition coefficient (Wildman–Crippen LogP) is 5.09. The Morgan fingerprint density at radius 3 is 2.40 bits per heavy atom. The van der Waals surface area contributed by atoms with Gasteiger partial charge in [-0.05, 0) is 38.3 Å². The van der Waals surface area contributed by atoms with Crippen molar-refractivity contribution in [1.82, 2.24) is 9.55 Å². The molecule has 0 aliphatic rings. The minimum absolute atomic E-state index is 0.193. The molecule has 0 fully saturated rings. The molecule has 30 heavy (non-hydrogen) atoms. The number of benzene rings is 1. The minimum atomic E-state index is -0.653. The average molecular weight is 408 g/mol. The summed E-state index contributed by atoms with van der Waals surface area (Å²) in [6.45, 7) is 9.99. The standard InChI is InChI=1S/C24H29N3O3/c1-16(2)15-27-21(26(6)23(29)30-24(3,4)5)19(17-11-8-7-9-12-17)18-13-10-14-25-20(18)22(27)28/h7-14,16H,15H2,1-6H3. The van der Waals surface area contributed by atoms with E-state index in [2.05, 4.69) is 4.98 Å². The zero-order valence-corrected chi connectivity index (χ0v) is 18.5. The van der Waals surface area contributed by atoms with E-state index in [1.165, 1.54) is 4.90 Å². The number of carbonyl (C=O) groups excluding carboxylic acids is 1. The molecule has 2 aromatic heterocycles. The summed E-state index contributed by atoms with van der Waals surface area (Å²) in [5.41, 5.74) is 1.20. The Morgan fingerprint density at radius 1 is 1.13 bits per heavy atom. The van der Waals surface area contributed by atoms with Crippen LogP contribution in [0.3, 0.4) is 0 Å². The Bertz CT molecular complexity index is 1110. The lowest BCUT2D eigenvalue weighted by molar-refractivity contribution is 0.0587. The summed E-state index contributed by atoms with van der Waals surface area (Å²) in [5, 5.41) is 0.708. The van der Waals surface area contributed by atoms with Gasteiger partial charge in [0.1, 0.15) is 16.9 Å². The predicted molar refractivity (Wildman–Crippen MR) is 121 cm³/mol. The quantitative estimate of drug-likeness (QED) is 0.604. The van der Waals surface area contributed by atoms with Gasteiger partial charge in [-0.2, -0.15) is 0 Å². The van der Waals surface area contributed by atoms with Crippen LogP contribution in [0, 0.1) is 5.92 Å². The van der Waals surface area contributed by atoms with Crippen molar-refractivity contribution in [1.29, 1.82) is 0 Å². The van der Waals surface area contributed by atoms with Gasteiger partial charge in [0.2, 0.25) is 0 Å². The molecule has 0 aliphatic heterocycles. The highest BCUT2D eigenvalue weighted by Gasteiger charge is 2.28. The van der Waals surface area contributed by atoms with Crippen LogP contribution in [0.5, 0.6) is 0 Å². The van der Waals surface area contributed by atoms with Gasteiger partial charge in [-0.25, -0.2) is 4.79 Å². The van der Waals surface area contributed by atoms with Gasteiger partial charge in [0.15, 0.2) is 0 Å². The van der Waals surface area contributed by atoms with E-state index < -0.39 is 11.7 Å². The molecule has 0 atom stereocenters. The number of anilines is 1. The van der Waals surface area contributed by atoms with Gasteiger partial charge >= 0.3 is 6.09 Å². The second-order valence-electron chi connectivity index (χ2n) is 8.81. The highest BCUT2D eigenvalue weighted by Crippen LogP contribution is 2.36. The van der Waals surface area contributed by atoms with Crippen LogP contribution < -0.4 is 10.5 Å². The summed E-state index contributed by atoms with van der Waals surface area (Å²) in [5.74, 6) is 0.702. The molecule has 0 bridgehead atoms. The van der Waals surface area contributed by atoms with Crippen molar-refractivity contribution in [2.75, 3.05) is 11.9 Å². The number of hydrogen-bond acceptors (Lipinski definition) is 4. The van der Waals surface area contributed by atoms with E-state index in [0.29, 0.717) is 23.3 Å². The van der Waals surface area contributed by atoms with Crippen LogP contribution in [-0.4, -0.2) is 28.3 Å². The lowest BCUT2D eigenvalue weighted by atomic mass is 10.0. The third-order valence-electron chi connectivity index (χ3n) is 4.60. The fourth-order valence-corrected chi connectivity index (χ4v) is 3.45. The van der Waals surface area contributed by atoms with E-state index in [-0.39, 0.29) is 11.5 Å². The first-order chi connectivity index (χ1) is 14.1. The zero-order valence-electron chi connectivity index (χ0n) is 18.5. The van der Waals surface area contributed by atoms with Gasteiger partial charge in [0.05, 0.1) is 0 Å². The first-order valence-corrected chi connectivity index (χ1v) is 10.1. The molecule has 0 spiro atoms. The molecule has 3 aromatic rings. The summed E-state index contributed by atoms with van der Waals surface area (Å²) in [7, 11) is 1.65. The monoisotopic (exact) mass is 407 g/mol. The Balaban J connectivity index is 2.40. The van der Waals surface area contributed by atoms with Gasteiger partial charge in [-0.3, -0.25) is 19.2 Å². The average Bonchev–Trinajstić information content (AvgIpc) is 2.68. The Morgan fingerprint density at radius 2 is 1.80 bits per heavy atom. The molecule has 0 saturated heterocycles. The summed E-state index contributed by atoms with van der Waals surface area (Å²) in [6.07, 6.45) is 1.11. The number of hydrogen-bond donors (Lipinski definition) is 0. The van der Waals surface area contributed by atoms with Crippen LogP contribution in [0.4, 0.5) is 10.6 Å². The van der Waals surface area contributed by atoms with Crippen molar-refractivity contribution in [3.63, 3.8) is 0 Å². The Labute approximate surface area is 177 Å². The van der Waals surface area contributed by atoms with Crippen LogP contribution in [-0.2, 0) is 11.3 Å². The third kappa shape index (κ3) is 4.37. The molecule has 6 heteroatoms. The molecule has 0 unspecified atom stereocenters. The molecule has 0 aliphatic carbocycles. The highest BCUT2D eigenvalue weighted by atomic mass is 16.6. The maximum atomic E-state index is 13.4. The second kappa shape index (κ2) is 8.30. The maximum Gasteiger partial charge on any atom is 0.415 e. The van der Waals surface area contributed by atoms with Crippen LogP contribution in [0.25, 0.3) is 22.0 Å². The Kier molecular flexibility index (Phi) is 5.97. The van der Waals surface area contributed by atoms with E-state index in [1.54, 1.807) is 23.9 Å². The van der Waals surface area contributed by atoms with Crippen molar-refractivity contribution >= 4 is 22.8 Å². The fourth-order valence-electron chi connectivity index (χ4n) is 3.45. The normalized spacial score (nSPS) is 11.7. The first kappa shape index (κ1) is 21.6. The van der Waals surface area contributed by atoms with Gasteiger partial charge in [0, 0.05) is 30.7 Å². The van der Waals surface area contributed by atoms with Gasteiger partial charge in [0.25, 0.3) is 5.56 Å². The van der Waals surface area contributed by atoms with Crippen LogP contribution >= 0.6 is 0 Å². The molecule has 3 rings (SSSR count). The smallest absolute Gasteiger partial charge is 0.415 e. The molecule has 0 N–H and O–H groups in total. The van der Waals surface area contributed by atoms with E-state index in [1.807, 2.05) is 71.0 Å². The van der Waals surface area contributed by atoms with Crippen LogP contribution in [0.2, 0.25) is 0 Å². The zero-order chi connectivity index (χ0) is 22.1. The van der Waals surface area contributed by atoms with Crippen molar-refractivity contribution < 1.29 is 9.53 Å². The molecule has 6 nitrogen and oxygen atoms in total. The van der Waals surface area contributed by atoms with E-state index in [4.69, 9.17) is 4.74 Å². The summed E-state index contributed by atoms with van der Waals surface area (Å²) >= 11 is 0. The topological polar surface area (TPSA) is 64.4 Å². The summed E-state index contributed by atoms with van der Waals surface area (Å²) in [4.78, 5) is 32.2. The van der Waals surface area contributed by atoms with E-state index >= 15 is 0 Å². The highest BCUT2D eigenvalue weighted by molar-refractivity contribution is 6.03. The molecule has 0 radical (unpaired) electrons. The molecule has 0 saturated carbocycles. The second-order valence-corrected chi connectivity index (χ2v) is 8.81. The van der Waals surface area contributed by atoms with Crippen molar-refractivity contribution in [3.05, 3.63) is 59.0 Å². The van der Waals surface area contributed by atoms with E-state index in [0.717, 1.165) is 11.1 Å². The van der Waals surface area contributed by atoms with Crippen LogP contribution in [0.1, 0.15) is 34.6 Å². The molecule has 2 heterocycles. The van der Waals surface area contributed by atoms with Gasteiger partial charge in [-0.15, -0.1) is 0 Å². The number of carbonyl (C=O) groups is 1. The number of nitrogens with zero attached hydrogens (tertiary/aromatic N) is 3. The molecule has 158 valence electrons. The number of pyridine rings is 2. The number of rotatable bonds is 4. The number of ether oxygens (including phenoxy) is 1. The number of amides is 1. The number of fused-ring (bicyclic) bond motifs is 1. The van der Waals surface area contributed by atoms with Gasteiger partial charge < -0.3 is 4.74 Å². The molecule has 1 aromatic carbocycles.